The van der Waals surface area contributed by atoms with Gasteiger partial charge in [-0.05, 0) is 43.8 Å². The zero-order valence-corrected chi connectivity index (χ0v) is 13.7. The van der Waals surface area contributed by atoms with Crippen LogP contribution in [0.4, 0.5) is 0 Å². The molecule has 1 aromatic carbocycles. The van der Waals surface area contributed by atoms with E-state index in [1.54, 1.807) is 24.3 Å². The first-order valence-electron chi connectivity index (χ1n) is 6.86. The van der Waals surface area contributed by atoms with Crippen LogP contribution < -0.4 is 5.32 Å². The first-order chi connectivity index (χ1) is 9.81. The molecule has 122 valence electrons. The number of aromatic nitrogens is 2. The minimum Gasteiger partial charge on any atom is -0.508 e. The van der Waals surface area contributed by atoms with Gasteiger partial charge in [0.15, 0.2) is 0 Å². The highest BCUT2D eigenvalue weighted by Crippen LogP contribution is 2.19. The second-order valence-electron chi connectivity index (χ2n) is 4.94. The van der Waals surface area contributed by atoms with Crippen LogP contribution in [0.25, 0.3) is 11.4 Å². The summed E-state index contributed by atoms with van der Waals surface area (Å²) >= 11 is 0. The Kier molecular flexibility index (Phi) is 7.61. The van der Waals surface area contributed by atoms with Gasteiger partial charge in [-0.25, -0.2) is 0 Å². The average Bonchev–Trinajstić information content (AvgIpc) is 2.76. The van der Waals surface area contributed by atoms with Crippen LogP contribution in [0.15, 0.2) is 28.8 Å². The molecule has 3 rings (SSSR count). The summed E-state index contributed by atoms with van der Waals surface area (Å²) in [6, 6.07) is 6.79. The molecular weight excluding hydrogens is 327 g/mol. The smallest absolute Gasteiger partial charge is 0.241 e. The van der Waals surface area contributed by atoms with Crippen LogP contribution in [0.5, 0.6) is 5.75 Å². The van der Waals surface area contributed by atoms with Gasteiger partial charge in [-0.15, -0.1) is 24.8 Å². The predicted octanol–water partition coefficient (Wildman–Crippen LogP) is 2.08. The minimum absolute atomic E-state index is 0. The van der Waals surface area contributed by atoms with Crippen LogP contribution in [0.3, 0.4) is 0 Å². The number of phenolic OH excluding ortho intramolecular Hbond substituents is 1. The first-order valence-corrected chi connectivity index (χ1v) is 6.86. The molecule has 6 nitrogen and oxygen atoms in total. The Hall–Kier alpha value is -1.34. The molecule has 0 radical (unpaired) electrons. The van der Waals surface area contributed by atoms with Crippen molar-refractivity contribution in [3.8, 4) is 17.1 Å². The average molecular weight is 347 g/mol. The summed E-state index contributed by atoms with van der Waals surface area (Å²) in [5.41, 5.74) is 0.843. The number of nitrogens with one attached hydrogen (secondary N) is 1. The lowest BCUT2D eigenvalue weighted by Crippen LogP contribution is -2.27. The normalized spacial score (nSPS) is 15.5. The Morgan fingerprint density at radius 2 is 1.91 bits per heavy atom. The highest BCUT2D eigenvalue weighted by molar-refractivity contribution is 5.85. The molecule has 0 unspecified atom stereocenters. The fourth-order valence-electron chi connectivity index (χ4n) is 2.30. The summed E-state index contributed by atoms with van der Waals surface area (Å²) in [7, 11) is 0. The van der Waals surface area contributed by atoms with Gasteiger partial charge in [0.2, 0.25) is 11.7 Å². The standard InChI is InChI=1S/C14H18N4O2.2ClH/c19-12-4-2-11(3-5-12)14-16-13(20-17-14)10-18-8-1-6-15-7-9-18;;/h2-5,15,19H,1,6-10H2;2*1H. The number of halogens is 2. The number of benzene rings is 1. The van der Waals surface area contributed by atoms with Crippen LogP contribution in [-0.4, -0.2) is 46.3 Å². The molecule has 0 aliphatic carbocycles. The van der Waals surface area contributed by atoms with E-state index < -0.39 is 0 Å². The Labute approximate surface area is 141 Å². The van der Waals surface area contributed by atoms with E-state index in [1.807, 2.05) is 0 Å². The van der Waals surface area contributed by atoms with E-state index in [9.17, 15) is 5.11 Å². The molecule has 2 heterocycles. The van der Waals surface area contributed by atoms with E-state index in [-0.39, 0.29) is 30.6 Å². The third-order valence-corrected chi connectivity index (χ3v) is 3.39. The monoisotopic (exact) mass is 346 g/mol. The maximum atomic E-state index is 9.27. The van der Waals surface area contributed by atoms with E-state index in [4.69, 9.17) is 4.52 Å². The molecule has 1 saturated heterocycles. The Morgan fingerprint density at radius 1 is 1.14 bits per heavy atom. The van der Waals surface area contributed by atoms with E-state index >= 15 is 0 Å². The number of hydrogen-bond acceptors (Lipinski definition) is 6. The zero-order valence-electron chi connectivity index (χ0n) is 12.1. The molecule has 0 bridgehead atoms. The number of rotatable bonds is 3. The predicted molar refractivity (Wildman–Crippen MR) is 88.7 cm³/mol. The lowest BCUT2D eigenvalue weighted by atomic mass is 10.2. The lowest BCUT2D eigenvalue weighted by molar-refractivity contribution is 0.239. The van der Waals surface area contributed by atoms with Crippen LogP contribution in [0.2, 0.25) is 0 Å². The van der Waals surface area contributed by atoms with Crippen molar-refractivity contribution >= 4 is 24.8 Å². The van der Waals surface area contributed by atoms with Gasteiger partial charge in [-0.1, -0.05) is 5.16 Å². The summed E-state index contributed by atoms with van der Waals surface area (Å²) in [5, 5.41) is 16.6. The van der Waals surface area contributed by atoms with E-state index in [0.29, 0.717) is 18.3 Å². The number of nitrogens with zero attached hydrogens (tertiary/aromatic N) is 3. The number of phenols is 1. The molecule has 0 amide bonds. The van der Waals surface area contributed by atoms with Crippen molar-refractivity contribution < 1.29 is 9.63 Å². The Bertz CT molecular complexity index is 554. The zero-order chi connectivity index (χ0) is 13.8. The SMILES string of the molecule is Cl.Cl.Oc1ccc(-c2noc(CN3CCCNCC3)n2)cc1. The Morgan fingerprint density at radius 3 is 2.68 bits per heavy atom. The summed E-state index contributed by atoms with van der Waals surface area (Å²) in [6.45, 7) is 4.80. The van der Waals surface area contributed by atoms with Gasteiger partial charge in [0.1, 0.15) is 5.75 Å². The van der Waals surface area contributed by atoms with Crippen molar-refractivity contribution in [1.82, 2.24) is 20.4 Å². The van der Waals surface area contributed by atoms with Gasteiger partial charge in [0.25, 0.3) is 0 Å². The quantitative estimate of drug-likeness (QED) is 0.886. The number of hydrogen-bond donors (Lipinski definition) is 2. The molecule has 0 saturated carbocycles. The van der Waals surface area contributed by atoms with E-state index in [1.165, 1.54) is 0 Å². The highest BCUT2D eigenvalue weighted by Gasteiger charge is 2.14. The van der Waals surface area contributed by atoms with Crippen LogP contribution in [0, 0.1) is 0 Å². The summed E-state index contributed by atoms with van der Waals surface area (Å²) in [4.78, 5) is 6.73. The summed E-state index contributed by atoms with van der Waals surface area (Å²) in [5.74, 6) is 1.43. The molecule has 22 heavy (non-hydrogen) atoms. The maximum Gasteiger partial charge on any atom is 0.241 e. The second kappa shape index (κ2) is 8.95. The van der Waals surface area contributed by atoms with Gasteiger partial charge >= 0.3 is 0 Å². The van der Waals surface area contributed by atoms with Crippen molar-refractivity contribution in [2.45, 2.75) is 13.0 Å². The summed E-state index contributed by atoms with van der Waals surface area (Å²) in [6.07, 6.45) is 1.14. The van der Waals surface area contributed by atoms with Crippen molar-refractivity contribution in [3.05, 3.63) is 30.2 Å². The van der Waals surface area contributed by atoms with Crippen LogP contribution in [-0.2, 0) is 6.54 Å². The third-order valence-electron chi connectivity index (χ3n) is 3.39. The van der Waals surface area contributed by atoms with Crippen molar-refractivity contribution in [2.75, 3.05) is 26.2 Å². The molecule has 8 heteroatoms. The van der Waals surface area contributed by atoms with Crippen LogP contribution in [0.1, 0.15) is 12.3 Å². The largest absolute Gasteiger partial charge is 0.508 e. The first kappa shape index (κ1) is 18.7. The maximum absolute atomic E-state index is 9.27. The molecular formula is C14H20Cl2N4O2. The molecule has 0 atom stereocenters. The second-order valence-corrected chi connectivity index (χ2v) is 4.94. The fourth-order valence-corrected chi connectivity index (χ4v) is 2.30. The van der Waals surface area contributed by atoms with E-state index in [2.05, 4.69) is 20.4 Å². The van der Waals surface area contributed by atoms with Crippen molar-refractivity contribution in [1.29, 1.82) is 0 Å². The number of aromatic hydroxyl groups is 1. The van der Waals surface area contributed by atoms with Gasteiger partial charge in [0, 0.05) is 18.7 Å². The Balaban J connectivity index is 0.00000121. The molecule has 0 spiro atoms. The highest BCUT2D eigenvalue weighted by atomic mass is 35.5. The fraction of sp³-hybridized carbons (Fsp3) is 0.429. The van der Waals surface area contributed by atoms with Gasteiger partial charge in [-0.3, -0.25) is 4.90 Å². The van der Waals surface area contributed by atoms with Gasteiger partial charge < -0.3 is 14.9 Å². The van der Waals surface area contributed by atoms with Gasteiger partial charge in [-0.2, -0.15) is 4.98 Å². The molecule has 1 aromatic heterocycles. The molecule has 1 aliphatic heterocycles. The third kappa shape index (κ3) is 4.84. The lowest BCUT2D eigenvalue weighted by Gasteiger charge is -2.16. The topological polar surface area (TPSA) is 74.4 Å². The molecule has 1 aliphatic rings. The van der Waals surface area contributed by atoms with Crippen molar-refractivity contribution in [3.63, 3.8) is 0 Å². The van der Waals surface area contributed by atoms with Gasteiger partial charge in [0.05, 0.1) is 6.54 Å². The van der Waals surface area contributed by atoms with Crippen molar-refractivity contribution in [2.24, 2.45) is 0 Å². The van der Waals surface area contributed by atoms with Crippen LogP contribution >= 0.6 is 24.8 Å². The summed E-state index contributed by atoms with van der Waals surface area (Å²) < 4.78 is 5.31. The van der Waals surface area contributed by atoms with E-state index in [0.717, 1.165) is 38.2 Å². The molecule has 2 N–H and O–H groups in total. The minimum atomic E-state index is 0. The molecule has 2 aromatic rings. The molecule has 1 fully saturated rings.